The number of carbonyl (C=O) groups is 3. The van der Waals surface area contributed by atoms with Gasteiger partial charge in [-0.25, -0.2) is 0 Å². The quantitative estimate of drug-likeness (QED) is 0.0261. The second kappa shape index (κ2) is 68.8. The zero-order chi connectivity index (χ0) is 58.5. The highest BCUT2D eigenvalue weighted by molar-refractivity contribution is 5.71. The average molecular weight is 1130 g/mol. The summed E-state index contributed by atoms with van der Waals surface area (Å²) in [4.78, 5) is 38.4. The average Bonchev–Trinajstić information content (AvgIpc) is 3.47. The molecule has 0 aliphatic rings. The third kappa shape index (κ3) is 67.0. The van der Waals surface area contributed by atoms with E-state index >= 15 is 0 Å². The van der Waals surface area contributed by atoms with Crippen molar-refractivity contribution in [2.75, 3.05) is 13.2 Å². The molecule has 0 saturated heterocycles. The number of carbonyl (C=O) groups excluding carboxylic acids is 3. The molecule has 0 aromatic rings. The Morgan fingerprint density at radius 3 is 0.765 bits per heavy atom. The fourth-order valence-electron chi connectivity index (χ4n) is 9.89. The maximum absolute atomic E-state index is 12.9. The molecule has 0 radical (unpaired) electrons. The van der Waals surface area contributed by atoms with Crippen LogP contribution < -0.4 is 0 Å². The van der Waals surface area contributed by atoms with Gasteiger partial charge in [-0.15, -0.1) is 0 Å². The molecule has 0 heterocycles. The van der Waals surface area contributed by atoms with Gasteiger partial charge in [0.05, 0.1) is 0 Å². The van der Waals surface area contributed by atoms with E-state index in [0.29, 0.717) is 19.3 Å². The number of hydrogen-bond donors (Lipinski definition) is 0. The molecule has 1 unspecified atom stereocenters. The fourth-order valence-corrected chi connectivity index (χ4v) is 9.89. The number of allylic oxidation sites excluding steroid dienone is 16. The van der Waals surface area contributed by atoms with Crippen molar-refractivity contribution in [2.24, 2.45) is 0 Å². The summed E-state index contributed by atoms with van der Waals surface area (Å²) in [6.07, 6.45) is 92.8. The van der Waals surface area contributed by atoms with Gasteiger partial charge in [-0.3, -0.25) is 14.4 Å². The summed E-state index contributed by atoms with van der Waals surface area (Å²) in [7, 11) is 0. The molecular formula is C75H130O6. The van der Waals surface area contributed by atoms with Gasteiger partial charge in [0.2, 0.25) is 0 Å². The summed E-state index contributed by atoms with van der Waals surface area (Å²) in [5.74, 6) is -0.884. The van der Waals surface area contributed by atoms with Crippen LogP contribution in [0.3, 0.4) is 0 Å². The molecular weight excluding hydrogens is 997 g/mol. The summed E-state index contributed by atoms with van der Waals surface area (Å²) >= 11 is 0. The summed E-state index contributed by atoms with van der Waals surface area (Å²) in [6, 6.07) is 0. The molecule has 0 N–H and O–H groups in total. The van der Waals surface area contributed by atoms with Gasteiger partial charge < -0.3 is 14.2 Å². The standard InChI is InChI=1S/C75H130O6/c1-4-7-10-13-16-19-22-25-28-30-32-34-35-36-37-38-39-40-41-42-44-45-47-50-53-56-59-62-65-68-74(77)80-71-72(70-79-73(76)67-64-61-58-55-52-49-27-24-21-18-15-12-9-6-3)81-75(78)69-66-63-60-57-54-51-48-46-43-33-31-29-26-23-20-17-14-11-8-5-2/h7,10,16,19,24-25,27-28,32,34,36-37,39-40,42,44,72H,4-6,8-9,11-15,17-18,20-23,26,29-31,33,35,38,41,43,45-71H2,1-3H3/b10-7-,19-16-,27-24-,28-25-,34-32-,37-36-,40-39-,44-42-. The highest BCUT2D eigenvalue weighted by atomic mass is 16.6. The Labute approximate surface area is 502 Å². The molecule has 0 spiro atoms. The van der Waals surface area contributed by atoms with Crippen molar-refractivity contribution in [2.45, 2.75) is 348 Å². The van der Waals surface area contributed by atoms with Gasteiger partial charge in [0, 0.05) is 19.3 Å². The maximum Gasteiger partial charge on any atom is 0.306 e. The van der Waals surface area contributed by atoms with E-state index in [1.165, 1.54) is 186 Å². The van der Waals surface area contributed by atoms with Crippen LogP contribution in [0.15, 0.2) is 97.2 Å². The summed E-state index contributed by atoms with van der Waals surface area (Å²) in [5, 5.41) is 0. The predicted octanol–water partition coefficient (Wildman–Crippen LogP) is 24.0. The number of unbranched alkanes of at least 4 members (excludes halogenated alkanes) is 36. The van der Waals surface area contributed by atoms with Crippen molar-refractivity contribution in [1.82, 2.24) is 0 Å². The molecule has 6 nitrogen and oxygen atoms in total. The Morgan fingerprint density at radius 2 is 0.481 bits per heavy atom. The first kappa shape index (κ1) is 77.3. The monoisotopic (exact) mass is 1130 g/mol. The van der Waals surface area contributed by atoms with Crippen molar-refractivity contribution >= 4 is 17.9 Å². The lowest BCUT2D eigenvalue weighted by atomic mass is 10.0. The van der Waals surface area contributed by atoms with Crippen molar-refractivity contribution < 1.29 is 28.6 Å². The topological polar surface area (TPSA) is 78.9 Å². The van der Waals surface area contributed by atoms with Gasteiger partial charge in [-0.2, -0.15) is 0 Å². The molecule has 0 saturated carbocycles. The summed E-state index contributed by atoms with van der Waals surface area (Å²) < 4.78 is 17.0. The van der Waals surface area contributed by atoms with E-state index in [2.05, 4.69) is 118 Å². The highest BCUT2D eigenvalue weighted by Gasteiger charge is 2.19. The van der Waals surface area contributed by atoms with Crippen LogP contribution in [0.5, 0.6) is 0 Å². The number of rotatable bonds is 63. The van der Waals surface area contributed by atoms with Gasteiger partial charge in [-0.1, -0.05) is 317 Å². The maximum atomic E-state index is 12.9. The summed E-state index contributed by atoms with van der Waals surface area (Å²) in [6.45, 7) is 6.55. The molecule has 0 rings (SSSR count). The molecule has 0 amide bonds. The van der Waals surface area contributed by atoms with Crippen LogP contribution in [0.4, 0.5) is 0 Å². The van der Waals surface area contributed by atoms with Crippen molar-refractivity contribution in [3.63, 3.8) is 0 Å². The predicted molar refractivity (Wildman–Crippen MR) is 353 cm³/mol. The van der Waals surface area contributed by atoms with Gasteiger partial charge in [0.25, 0.3) is 0 Å². The van der Waals surface area contributed by atoms with E-state index in [0.717, 1.165) is 116 Å². The molecule has 0 fully saturated rings. The van der Waals surface area contributed by atoms with Crippen LogP contribution in [0.25, 0.3) is 0 Å². The van der Waals surface area contributed by atoms with E-state index < -0.39 is 6.10 Å². The molecule has 466 valence electrons. The Balaban J connectivity index is 4.33. The van der Waals surface area contributed by atoms with Crippen molar-refractivity contribution in [3.8, 4) is 0 Å². The van der Waals surface area contributed by atoms with E-state index in [-0.39, 0.29) is 31.1 Å². The number of hydrogen-bond acceptors (Lipinski definition) is 6. The van der Waals surface area contributed by atoms with Crippen LogP contribution in [0.2, 0.25) is 0 Å². The fraction of sp³-hybridized carbons (Fsp3) is 0.747. The third-order valence-corrected chi connectivity index (χ3v) is 15.1. The minimum absolute atomic E-state index is 0.0820. The Hall–Kier alpha value is -3.67. The van der Waals surface area contributed by atoms with E-state index in [1.54, 1.807) is 0 Å². The zero-order valence-corrected chi connectivity index (χ0v) is 53.5. The Bertz CT molecular complexity index is 1580. The largest absolute Gasteiger partial charge is 0.462 e. The van der Waals surface area contributed by atoms with Crippen LogP contribution in [-0.2, 0) is 28.6 Å². The molecule has 81 heavy (non-hydrogen) atoms. The second-order valence-electron chi connectivity index (χ2n) is 23.1. The zero-order valence-electron chi connectivity index (χ0n) is 53.5. The van der Waals surface area contributed by atoms with Crippen LogP contribution in [0, 0.1) is 0 Å². The molecule has 1 atom stereocenters. The smallest absolute Gasteiger partial charge is 0.306 e. The first-order valence-electron chi connectivity index (χ1n) is 34.7. The van der Waals surface area contributed by atoms with Gasteiger partial charge >= 0.3 is 17.9 Å². The van der Waals surface area contributed by atoms with Gasteiger partial charge in [0.1, 0.15) is 13.2 Å². The lowest BCUT2D eigenvalue weighted by Crippen LogP contribution is -2.30. The van der Waals surface area contributed by atoms with Crippen LogP contribution in [-0.4, -0.2) is 37.2 Å². The van der Waals surface area contributed by atoms with Crippen molar-refractivity contribution in [1.29, 1.82) is 0 Å². The minimum atomic E-state index is -0.786. The molecule has 0 aliphatic heterocycles. The Kier molecular flexibility index (Phi) is 65.7. The van der Waals surface area contributed by atoms with E-state index in [9.17, 15) is 14.4 Å². The molecule has 0 aromatic carbocycles. The van der Waals surface area contributed by atoms with Gasteiger partial charge in [-0.05, 0) is 103 Å². The van der Waals surface area contributed by atoms with Crippen LogP contribution in [0.1, 0.15) is 342 Å². The second-order valence-corrected chi connectivity index (χ2v) is 23.1. The minimum Gasteiger partial charge on any atom is -0.462 e. The third-order valence-electron chi connectivity index (χ3n) is 15.1. The molecule has 0 aliphatic carbocycles. The van der Waals surface area contributed by atoms with Crippen molar-refractivity contribution in [3.05, 3.63) is 97.2 Å². The lowest BCUT2D eigenvalue weighted by Gasteiger charge is -2.18. The van der Waals surface area contributed by atoms with E-state index in [1.807, 2.05) is 0 Å². The SMILES string of the molecule is CC/C=C\C/C=C\C/C=C\C/C=C\C/C=C\C/C=C\C/C=C\CCCCCCCCCC(=O)OCC(COC(=O)CCCCCCC/C=C\CCCCCCC)OC(=O)CCCCCCCCCCCCCCCCCCCCCC. The van der Waals surface area contributed by atoms with Crippen LogP contribution >= 0.6 is 0 Å². The molecule has 0 bridgehead atoms. The number of esters is 3. The lowest BCUT2D eigenvalue weighted by molar-refractivity contribution is -0.167. The summed E-state index contributed by atoms with van der Waals surface area (Å²) in [5.41, 5.74) is 0. The first-order valence-corrected chi connectivity index (χ1v) is 34.7. The highest BCUT2D eigenvalue weighted by Crippen LogP contribution is 2.17. The molecule has 0 aromatic heterocycles. The van der Waals surface area contributed by atoms with E-state index in [4.69, 9.17) is 14.2 Å². The molecule has 6 heteroatoms. The Morgan fingerprint density at radius 1 is 0.259 bits per heavy atom. The van der Waals surface area contributed by atoms with Gasteiger partial charge in [0.15, 0.2) is 6.10 Å². The number of ether oxygens (including phenoxy) is 3. The first-order chi connectivity index (χ1) is 40.0. The normalized spacial score (nSPS) is 12.7.